The maximum absolute atomic E-state index is 11.7. The summed E-state index contributed by atoms with van der Waals surface area (Å²) in [4.78, 5) is 16.3. The number of carbonyl (C=O) groups is 1. The summed E-state index contributed by atoms with van der Waals surface area (Å²) in [5.74, 6) is 0.667. The predicted octanol–water partition coefficient (Wildman–Crippen LogP) is 2.18. The molecule has 2 aromatic rings. The molecule has 1 N–H and O–H groups in total. The zero-order valence-electron chi connectivity index (χ0n) is 12.4. The Morgan fingerprint density at radius 3 is 2.75 bits per heavy atom. The molecule has 0 fully saturated rings. The minimum absolute atomic E-state index is 0.0354. The number of aryl methyl sites for hydroxylation is 1. The van der Waals surface area contributed by atoms with E-state index in [9.17, 15) is 4.79 Å². The van der Waals surface area contributed by atoms with Crippen LogP contribution in [0.5, 0.6) is 0 Å². The Labute approximate surface area is 118 Å². The number of aromatic nitrogens is 2. The average Bonchev–Trinajstić information content (AvgIpc) is 2.77. The highest BCUT2D eigenvalue weighted by Gasteiger charge is 2.20. The molecule has 0 spiro atoms. The molecule has 0 aliphatic rings. The molecule has 0 aliphatic heterocycles. The number of para-hydroxylation sites is 2. The van der Waals surface area contributed by atoms with Crippen molar-refractivity contribution in [2.24, 2.45) is 7.05 Å². The Morgan fingerprint density at radius 1 is 1.40 bits per heavy atom. The molecule has 0 saturated heterocycles. The lowest BCUT2D eigenvalue weighted by Crippen LogP contribution is -2.37. The van der Waals surface area contributed by atoms with E-state index in [4.69, 9.17) is 4.74 Å². The van der Waals surface area contributed by atoms with Crippen LogP contribution in [-0.4, -0.2) is 28.2 Å². The number of carbonyl (C=O) groups excluding carboxylic acids is 1. The summed E-state index contributed by atoms with van der Waals surface area (Å²) in [5.41, 5.74) is 2.04. The van der Waals surface area contributed by atoms with E-state index >= 15 is 0 Å². The van der Waals surface area contributed by atoms with E-state index in [0.29, 0.717) is 6.61 Å². The van der Waals surface area contributed by atoms with Crippen LogP contribution < -0.4 is 5.32 Å². The van der Waals surface area contributed by atoms with Gasteiger partial charge in [-0.05, 0) is 32.9 Å². The number of esters is 1. The van der Waals surface area contributed by atoms with Gasteiger partial charge in [-0.15, -0.1) is 0 Å². The van der Waals surface area contributed by atoms with Crippen LogP contribution in [0.3, 0.4) is 0 Å². The van der Waals surface area contributed by atoms with Gasteiger partial charge in [0.1, 0.15) is 11.9 Å². The highest BCUT2D eigenvalue weighted by molar-refractivity contribution is 5.76. The molecule has 2 atom stereocenters. The lowest BCUT2D eigenvalue weighted by Gasteiger charge is -2.18. The summed E-state index contributed by atoms with van der Waals surface area (Å²) in [6.45, 7) is 6.00. The van der Waals surface area contributed by atoms with E-state index in [2.05, 4.69) is 10.3 Å². The van der Waals surface area contributed by atoms with Gasteiger partial charge in [-0.25, -0.2) is 4.98 Å². The molecule has 1 aromatic carbocycles. The number of imidazole rings is 1. The Balaban J connectivity index is 2.17. The zero-order valence-corrected chi connectivity index (χ0v) is 12.4. The van der Waals surface area contributed by atoms with E-state index in [1.54, 1.807) is 13.8 Å². The molecule has 0 aliphatic carbocycles. The van der Waals surface area contributed by atoms with Crippen LogP contribution in [-0.2, 0) is 16.6 Å². The zero-order chi connectivity index (χ0) is 14.7. The van der Waals surface area contributed by atoms with Gasteiger partial charge in [0.25, 0.3) is 0 Å². The lowest BCUT2D eigenvalue weighted by atomic mass is 10.2. The van der Waals surface area contributed by atoms with Crippen molar-refractivity contribution < 1.29 is 9.53 Å². The third-order valence-corrected chi connectivity index (χ3v) is 3.35. The van der Waals surface area contributed by atoms with E-state index in [-0.39, 0.29) is 18.1 Å². The Hall–Kier alpha value is -1.88. The maximum atomic E-state index is 11.7. The SMILES string of the molecule is CCOC(=O)C(C)NC(C)c1nc2ccccc2n1C. The average molecular weight is 275 g/mol. The Bertz CT molecular complexity index is 606. The van der Waals surface area contributed by atoms with Crippen LogP contribution in [0.4, 0.5) is 0 Å². The van der Waals surface area contributed by atoms with Gasteiger partial charge in [0.05, 0.1) is 23.7 Å². The first-order valence-corrected chi connectivity index (χ1v) is 6.88. The Morgan fingerprint density at radius 2 is 2.10 bits per heavy atom. The third kappa shape index (κ3) is 2.82. The van der Waals surface area contributed by atoms with Crippen molar-refractivity contribution in [3.8, 4) is 0 Å². The molecular formula is C15H21N3O2. The number of nitrogens with one attached hydrogen (secondary N) is 1. The van der Waals surface area contributed by atoms with Crippen LogP contribution in [0, 0.1) is 0 Å². The van der Waals surface area contributed by atoms with E-state index < -0.39 is 0 Å². The molecule has 0 bridgehead atoms. The van der Waals surface area contributed by atoms with Gasteiger partial charge in [0.15, 0.2) is 0 Å². The van der Waals surface area contributed by atoms with Crippen molar-refractivity contribution in [2.75, 3.05) is 6.61 Å². The molecule has 1 heterocycles. The second-order valence-electron chi connectivity index (χ2n) is 4.88. The van der Waals surface area contributed by atoms with Crippen LogP contribution >= 0.6 is 0 Å². The molecule has 5 heteroatoms. The number of hydrogen-bond donors (Lipinski definition) is 1. The summed E-state index contributed by atoms with van der Waals surface area (Å²) in [6.07, 6.45) is 0. The number of benzene rings is 1. The fourth-order valence-electron chi connectivity index (χ4n) is 2.34. The molecule has 108 valence electrons. The first kappa shape index (κ1) is 14.5. The van der Waals surface area contributed by atoms with Gasteiger partial charge < -0.3 is 9.30 Å². The molecular weight excluding hydrogens is 254 g/mol. The first-order valence-electron chi connectivity index (χ1n) is 6.88. The van der Waals surface area contributed by atoms with Gasteiger partial charge in [0, 0.05) is 7.05 Å². The molecule has 0 radical (unpaired) electrons. The van der Waals surface area contributed by atoms with Crippen LogP contribution in [0.2, 0.25) is 0 Å². The number of rotatable bonds is 5. The van der Waals surface area contributed by atoms with Crippen molar-refractivity contribution in [3.05, 3.63) is 30.1 Å². The van der Waals surface area contributed by atoms with Crippen LogP contribution in [0.15, 0.2) is 24.3 Å². The molecule has 0 amide bonds. The van der Waals surface area contributed by atoms with Gasteiger partial charge in [-0.2, -0.15) is 0 Å². The highest BCUT2D eigenvalue weighted by Crippen LogP contribution is 2.19. The molecule has 20 heavy (non-hydrogen) atoms. The molecule has 2 unspecified atom stereocenters. The third-order valence-electron chi connectivity index (χ3n) is 3.35. The van der Waals surface area contributed by atoms with Gasteiger partial charge in [0.2, 0.25) is 0 Å². The van der Waals surface area contributed by atoms with Gasteiger partial charge in [-0.1, -0.05) is 12.1 Å². The van der Waals surface area contributed by atoms with Crippen LogP contribution in [0.1, 0.15) is 32.6 Å². The smallest absolute Gasteiger partial charge is 0.322 e. The second-order valence-corrected chi connectivity index (χ2v) is 4.88. The minimum atomic E-state index is -0.357. The predicted molar refractivity (Wildman–Crippen MR) is 78.4 cm³/mol. The molecule has 5 nitrogen and oxygen atoms in total. The van der Waals surface area contributed by atoms with Gasteiger partial charge in [-0.3, -0.25) is 10.1 Å². The summed E-state index contributed by atoms with van der Waals surface area (Å²) < 4.78 is 7.05. The van der Waals surface area contributed by atoms with E-state index in [1.807, 2.05) is 42.8 Å². The highest BCUT2D eigenvalue weighted by atomic mass is 16.5. The summed E-state index contributed by atoms with van der Waals surface area (Å²) in [6, 6.07) is 7.59. The molecule has 1 aromatic heterocycles. The number of nitrogens with zero attached hydrogens (tertiary/aromatic N) is 2. The topological polar surface area (TPSA) is 56.1 Å². The molecule has 2 rings (SSSR count). The second kappa shape index (κ2) is 6.05. The quantitative estimate of drug-likeness (QED) is 0.850. The van der Waals surface area contributed by atoms with Crippen molar-refractivity contribution in [2.45, 2.75) is 32.9 Å². The Kier molecular flexibility index (Phi) is 4.39. The standard InChI is InChI=1S/C15H21N3O2/c1-5-20-15(19)11(3)16-10(2)14-17-12-8-6-7-9-13(12)18(14)4/h6-11,16H,5H2,1-4H3. The van der Waals surface area contributed by atoms with Crippen molar-refractivity contribution in [3.63, 3.8) is 0 Å². The maximum Gasteiger partial charge on any atom is 0.322 e. The first-order chi connectivity index (χ1) is 9.54. The van der Waals surface area contributed by atoms with Crippen molar-refractivity contribution >= 4 is 17.0 Å². The van der Waals surface area contributed by atoms with Crippen LogP contribution in [0.25, 0.3) is 11.0 Å². The van der Waals surface area contributed by atoms with E-state index in [0.717, 1.165) is 16.9 Å². The summed E-state index contributed by atoms with van der Waals surface area (Å²) in [7, 11) is 1.98. The fourth-order valence-corrected chi connectivity index (χ4v) is 2.34. The normalized spacial score (nSPS) is 14.2. The number of hydrogen-bond acceptors (Lipinski definition) is 4. The van der Waals surface area contributed by atoms with Crippen molar-refractivity contribution in [1.29, 1.82) is 0 Å². The van der Waals surface area contributed by atoms with Crippen molar-refractivity contribution in [1.82, 2.24) is 14.9 Å². The summed E-state index contributed by atoms with van der Waals surface area (Å²) in [5, 5.41) is 3.22. The fraction of sp³-hybridized carbons (Fsp3) is 0.467. The van der Waals surface area contributed by atoms with Gasteiger partial charge >= 0.3 is 5.97 Å². The number of ether oxygens (including phenoxy) is 1. The lowest BCUT2D eigenvalue weighted by molar-refractivity contribution is -0.145. The number of fused-ring (bicyclic) bond motifs is 1. The summed E-state index contributed by atoms with van der Waals surface area (Å²) >= 11 is 0. The monoisotopic (exact) mass is 275 g/mol. The largest absolute Gasteiger partial charge is 0.465 e. The minimum Gasteiger partial charge on any atom is -0.465 e. The van der Waals surface area contributed by atoms with E-state index in [1.165, 1.54) is 0 Å². The molecule has 0 saturated carbocycles.